The molecule has 0 aliphatic carbocycles. The highest BCUT2D eigenvalue weighted by Crippen LogP contribution is 2.31. The van der Waals surface area contributed by atoms with E-state index in [4.69, 9.17) is 0 Å². The maximum absolute atomic E-state index is 12.8. The molecule has 0 unspecified atom stereocenters. The number of aromatic nitrogens is 2. The van der Waals surface area contributed by atoms with Crippen LogP contribution in [0, 0.1) is 0 Å². The summed E-state index contributed by atoms with van der Waals surface area (Å²) in [5, 5.41) is 0. The predicted molar refractivity (Wildman–Crippen MR) is 80.4 cm³/mol. The van der Waals surface area contributed by atoms with E-state index in [1.807, 2.05) is 35.4 Å². The number of halogens is 1. The minimum absolute atomic E-state index is 0.0540. The summed E-state index contributed by atoms with van der Waals surface area (Å²) in [7, 11) is 0. The van der Waals surface area contributed by atoms with Gasteiger partial charge in [-0.3, -0.25) is 4.79 Å². The van der Waals surface area contributed by atoms with Gasteiger partial charge in [-0.05, 0) is 47.3 Å². The van der Waals surface area contributed by atoms with Crippen molar-refractivity contribution in [3.8, 4) is 0 Å². The van der Waals surface area contributed by atoms with Gasteiger partial charge in [0.15, 0.2) is 0 Å². The highest BCUT2D eigenvalue weighted by molar-refractivity contribution is 9.10. The summed E-state index contributed by atoms with van der Waals surface area (Å²) >= 11 is 3.46. The van der Waals surface area contributed by atoms with Gasteiger partial charge in [0.2, 0.25) is 0 Å². The summed E-state index contributed by atoms with van der Waals surface area (Å²) in [6, 6.07) is 7.63. The number of hydrogen-bond acceptors (Lipinski definition) is 2. The molecular formula is C15H16BrN3O. The maximum Gasteiger partial charge on any atom is 0.255 e. The standard InChI is InChI=1S/C15H16BrN3O/c16-12-6-2-1-5-11(12)15(20)19-10-4-3-7-13(19)14-17-8-9-18-14/h1-2,5-6,8-9,13H,3-4,7,10H2,(H,17,18)/t13-/m0/s1. The van der Waals surface area contributed by atoms with Crippen LogP contribution in [0.5, 0.6) is 0 Å². The van der Waals surface area contributed by atoms with E-state index in [1.165, 1.54) is 0 Å². The number of piperidine rings is 1. The van der Waals surface area contributed by atoms with Crippen LogP contribution in [-0.4, -0.2) is 27.3 Å². The van der Waals surface area contributed by atoms with E-state index < -0.39 is 0 Å². The number of nitrogens with zero attached hydrogens (tertiary/aromatic N) is 2. The Bertz CT molecular complexity index is 597. The van der Waals surface area contributed by atoms with Crippen LogP contribution in [0.25, 0.3) is 0 Å². The smallest absolute Gasteiger partial charge is 0.255 e. The van der Waals surface area contributed by atoms with E-state index in [9.17, 15) is 4.79 Å². The second-order valence-corrected chi connectivity index (χ2v) is 5.82. The Kier molecular flexibility index (Phi) is 3.87. The summed E-state index contributed by atoms with van der Waals surface area (Å²) in [5.41, 5.74) is 0.714. The molecule has 2 heterocycles. The molecule has 1 N–H and O–H groups in total. The average molecular weight is 334 g/mol. The molecule has 5 heteroatoms. The van der Waals surface area contributed by atoms with Crippen LogP contribution in [0.3, 0.4) is 0 Å². The topological polar surface area (TPSA) is 49.0 Å². The highest BCUT2D eigenvalue weighted by Gasteiger charge is 2.30. The number of nitrogens with one attached hydrogen (secondary N) is 1. The number of benzene rings is 1. The van der Waals surface area contributed by atoms with Crippen LogP contribution in [0.4, 0.5) is 0 Å². The molecule has 1 aliphatic heterocycles. The Morgan fingerprint density at radius 3 is 2.95 bits per heavy atom. The largest absolute Gasteiger partial charge is 0.347 e. The molecule has 0 radical (unpaired) electrons. The first-order valence-corrected chi connectivity index (χ1v) is 7.61. The molecule has 1 amide bonds. The predicted octanol–water partition coefficient (Wildman–Crippen LogP) is 3.54. The molecule has 4 nitrogen and oxygen atoms in total. The van der Waals surface area contributed by atoms with Crippen LogP contribution in [0.1, 0.15) is 41.5 Å². The summed E-state index contributed by atoms with van der Waals surface area (Å²) in [5.74, 6) is 0.948. The number of imidazole rings is 1. The summed E-state index contributed by atoms with van der Waals surface area (Å²) in [6.07, 6.45) is 6.69. The summed E-state index contributed by atoms with van der Waals surface area (Å²) in [6.45, 7) is 0.783. The number of amides is 1. The molecule has 104 valence electrons. The fraction of sp³-hybridized carbons (Fsp3) is 0.333. The van der Waals surface area contributed by atoms with Crippen molar-refractivity contribution in [2.45, 2.75) is 25.3 Å². The van der Waals surface area contributed by atoms with Crippen LogP contribution in [0.2, 0.25) is 0 Å². The average Bonchev–Trinajstić information content (AvgIpc) is 3.01. The van der Waals surface area contributed by atoms with E-state index >= 15 is 0 Å². The van der Waals surface area contributed by atoms with E-state index in [-0.39, 0.29) is 11.9 Å². The molecule has 20 heavy (non-hydrogen) atoms. The number of hydrogen-bond donors (Lipinski definition) is 1. The highest BCUT2D eigenvalue weighted by atomic mass is 79.9. The number of carbonyl (C=O) groups excluding carboxylic acids is 1. The second-order valence-electron chi connectivity index (χ2n) is 4.96. The summed E-state index contributed by atoms with van der Waals surface area (Å²) in [4.78, 5) is 22.2. The van der Waals surface area contributed by atoms with Crippen LogP contribution in [0.15, 0.2) is 41.1 Å². The number of H-pyrrole nitrogens is 1. The third-order valence-electron chi connectivity index (χ3n) is 3.70. The zero-order chi connectivity index (χ0) is 13.9. The Morgan fingerprint density at radius 1 is 1.35 bits per heavy atom. The van der Waals surface area contributed by atoms with Crippen molar-refractivity contribution in [3.05, 3.63) is 52.5 Å². The molecular weight excluding hydrogens is 318 g/mol. The molecule has 3 rings (SSSR count). The molecule has 0 bridgehead atoms. The number of aromatic amines is 1. The van der Waals surface area contributed by atoms with Crippen molar-refractivity contribution in [1.29, 1.82) is 0 Å². The molecule has 1 aromatic carbocycles. The first-order chi connectivity index (χ1) is 9.77. The lowest BCUT2D eigenvalue weighted by molar-refractivity contribution is 0.0600. The lowest BCUT2D eigenvalue weighted by atomic mass is 10.00. The molecule has 1 atom stereocenters. The van der Waals surface area contributed by atoms with Crippen LogP contribution in [-0.2, 0) is 0 Å². The fourth-order valence-electron chi connectivity index (χ4n) is 2.71. The molecule has 2 aromatic rings. The quantitative estimate of drug-likeness (QED) is 0.913. The van der Waals surface area contributed by atoms with Gasteiger partial charge in [0, 0.05) is 23.4 Å². The Morgan fingerprint density at radius 2 is 2.20 bits per heavy atom. The van der Waals surface area contributed by atoms with Crippen molar-refractivity contribution in [3.63, 3.8) is 0 Å². The Labute approximate surface area is 126 Å². The molecule has 1 saturated heterocycles. The van der Waals surface area contributed by atoms with Gasteiger partial charge in [-0.25, -0.2) is 4.98 Å². The van der Waals surface area contributed by atoms with Crippen LogP contribution >= 0.6 is 15.9 Å². The lowest BCUT2D eigenvalue weighted by Crippen LogP contribution is -2.39. The van der Waals surface area contributed by atoms with E-state index in [2.05, 4.69) is 25.9 Å². The molecule has 1 fully saturated rings. The zero-order valence-electron chi connectivity index (χ0n) is 11.1. The van der Waals surface area contributed by atoms with Gasteiger partial charge in [-0.1, -0.05) is 12.1 Å². The van der Waals surface area contributed by atoms with Crippen molar-refractivity contribution in [2.24, 2.45) is 0 Å². The minimum atomic E-state index is 0.0540. The molecule has 0 saturated carbocycles. The van der Waals surface area contributed by atoms with Gasteiger partial charge in [-0.2, -0.15) is 0 Å². The normalized spacial score (nSPS) is 19.1. The number of carbonyl (C=O) groups is 1. The Hall–Kier alpha value is -1.62. The number of rotatable bonds is 2. The first-order valence-electron chi connectivity index (χ1n) is 6.82. The fourth-order valence-corrected chi connectivity index (χ4v) is 3.16. The zero-order valence-corrected chi connectivity index (χ0v) is 12.6. The Balaban J connectivity index is 1.90. The van der Waals surface area contributed by atoms with E-state index in [1.54, 1.807) is 6.20 Å². The van der Waals surface area contributed by atoms with Gasteiger partial charge in [-0.15, -0.1) is 0 Å². The monoisotopic (exact) mass is 333 g/mol. The lowest BCUT2D eigenvalue weighted by Gasteiger charge is -2.34. The van der Waals surface area contributed by atoms with Gasteiger partial charge < -0.3 is 9.88 Å². The van der Waals surface area contributed by atoms with Crippen LogP contribution < -0.4 is 0 Å². The molecule has 0 spiro atoms. The third-order valence-corrected chi connectivity index (χ3v) is 4.39. The van der Waals surface area contributed by atoms with Gasteiger partial charge in [0.25, 0.3) is 5.91 Å². The molecule has 1 aromatic heterocycles. The third kappa shape index (κ3) is 2.50. The second kappa shape index (κ2) is 5.79. The number of likely N-dealkylation sites (tertiary alicyclic amines) is 1. The van der Waals surface area contributed by atoms with Gasteiger partial charge >= 0.3 is 0 Å². The maximum atomic E-state index is 12.8. The van der Waals surface area contributed by atoms with Gasteiger partial charge in [0.1, 0.15) is 5.82 Å². The minimum Gasteiger partial charge on any atom is -0.347 e. The molecule has 1 aliphatic rings. The summed E-state index contributed by atoms with van der Waals surface area (Å²) < 4.78 is 0.841. The van der Waals surface area contributed by atoms with Crippen molar-refractivity contribution in [1.82, 2.24) is 14.9 Å². The first kappa shape index (κ1) is 13.4. The van der Waals surface area contributed by atoms with Crippen molar-refractivity contribution in [2.75, 3.05) is 6.54 Å². The van der Waals surface area contributed by atoms with Crippen molar-refractivity contribution < 1.29 is 4.79 Å². The van der Waals surface area contributed by atoms with Crippen molar-refractivity contribution >= 4 is 21.8 Å². The van der Waals surface area contributed by atoms with Gasteiger partial charge in [0.05, 0.1) is 11.6 Å². The van der Waals surface area contributed by atoms with E-state index in [0.29, 0.717) is 5.56 Å². The van der Waals surface area contributed by atoms with E-state index in [0.717, 1.165) is 36.1 Å². The SMILES string of the molecule is O=C(c1ccccc1Br)N1CCCC[C@H]1c1ncc[nH]1.